The Hall–Kier alpha value is -1.85. The molecule has 3 N–H and O–H groups in total. The Morgan fingerprint density at radius 3 is 2.44 bits per heavy atom. The summed E-state index contributed by atoms with van der Waals surface area (Å²) in [6.45, 7) is 0. The van der Waals surface area contributed by atoms with Crippen LogP contribution in [0.4, 0.5) is 17.3 Å². The van der Waals surface area contributed by atoms with E-state index in [0.29, 0.717) is 27.8 Å². The second-order valence-electron chi connectivity index (χ2n) is 3.42. The summed E-state index contributed by atoms with van der Waals surface area (Å²) < 4.78 is 0. The fraction of sp³-hybridized carbons (Fsp3) is 0. The van der Waals surface area contributed by atoms with Crippen LogP contribution in [-0.2, 0) is 0 Å². The number of carbonyl (C=O) groups excluding carboxylic acids is 1. The summed E-state index contributed by atoms with van der Waals surface area (Å²) in [5, 5.41) is 3.86. The molecule has 0 aliphatic carbocycles. The zero-order valence-corrected chi connectivity index (χ0v) is 10.5. The molecule has 0 aliphatic heterocycles. The number of rotatable bonds is 3. The predicted octanol–water partition coefficient (Wildman–Crippen LogP) is 2.92. The second-order valence-corrected chi connectivity index (χ2v) is 4.30. The molecule has 0 fully saturated rings. The number of carbonyl (C=O) groups is 1. The monoisotopic (exact) mass is 282 g/mol. The maximum Gasteiger partial charge on any atom is 0.157 e. The summed E-state index contributed by atoms with van der Waals surface area (Å²) in [4.78, 5) is 18.6. The maximum absolute atomic E-state index is 10.9. The first-order chi connectivity index (χ1) is 8.60. The van der Waals surface area contributed by atoms with E-state index in [0.717, 1.165) is 0 Å². The zero-order valence-electron chi connectivity index (χ0n) is 9.02. The summed E-state index contributed by atoms with van der Waals surface area (Å²) in [7, 11) is 0. The third-order valence-corrected chi connectivity index (χ3v) is 2.59. The number of aldehydes is 1. The van der Waals surface area contributed by atoms with Gasteiger partial charge in [-0.2, -0.15) is 0 Å². The van der Waals surface area contributed by atoms with E-state index < -0.39 is 0 Å². The van der Waals surface area contributed by atoms with Gasteiger partial charge in [0.2, 0.25) is 0 Å². The fourth-order valence-corrected chi connectivity index (χ4v) is 1.91. The van der Waals surface area contributed by atoms with E-state index in [4.69, 9.17) is 28.9 Å². The van der Waals surface area contributed by atoms with Crippen molar-refractivity contribution in [2.24, 2.45) is 0 Å². The van der Waals surface area contributed by atoms with Gasteiger partial charge >= 0.3 is 0 Å². The number of nitrogens with zero attached hydrogens (tertiary/aromatic N) is 2. The molecule has 0 radical (unpaired) electrons. The molecule has 0 saturated carbocycles. The molecular weight excluding hydrogens is 275 g/mol. The van der Waals surface area contributed by atoms with Crippen molar-refractivity contribution in [2.75, 3.05) is 11.1 Å². The first-order valence-corrected chi connectivity index (χ1v) is 5.64. The van der Waals surface area contributed by atoms with E-state index in [2.05, 4.69) is 15.3 Å². The molecule has 0 atom stereocenters. The van der Waals surface area contributed by atoms with Crippen molar-refractivity contribution in [3.8, 4) is 0 Å². The Labute approximate surface area is 113 Å². The minimum Gasteiger partial charge on any atom is -0.383 e. The number of anilines is 3. The maximum atomic E-state index is 10.9. The van der Waals surface area contributed by atoms with E-state index in [1.54, 1.807) is 18.2 Å². The molecule has 18 heavy (non-hydrogen) atoms. The predicted molar refractivity (Wildman–Crippen MR) is 71.6 cm³/mol. The quantitative estimate of drug-likeness (QED) is 0.846. The second kappa shape index (κ2) is 5.20. The molecule has 1 aromatic carbocycles. The van der Waals surface area contributed by atoms with E-state index in [1.807, 2.05) is 0 Å². The molecule has 5 nitrogen and oxygen atoms in total. The van der Waals surface area contributed by atoms with Crippen LogP contribution >= 0.6 is 23.2 Å². The number of nitrogen functional groups attached to an aromatic ring is 1. The average Bonchev–Trinajstić information content (AvgIpc) is 2.27. The van der Waals surface area contributed by atoms with Crippen LogP contribution in [0.2, 0.25) is 10.0 Å². The van der Waals surface area contributed by atoms with Gasteiger partial charge in [0.15, 0.2) is 6.29 Å². The van der Waals surface area contributed by atoms with Gasteiger partial charge in [-0.1, -0.05) is 23.2 Å². The lowest BCUT2D eigenvalue weighted by Gasteiger charge is -2.09. The lowest BCUT2D eigenvalue weighted by atomic mass is 10.2. The number of benzene rings is 1. The number of halogens is 2. The Morgan fingerprint density at radius 1 is 1.17 bits per heavy atom. The highest BCUT2D eigenvalue weighted by Gasteiger charge is 2.09. The SMILES string of the molecule is Nc1ncnc(Nc2cc(Cl)cc(Cl)c2)c1C=O. The van der Waals surface area contributed by atoms with Crippen LogP contribution in [0.5, 0.6) is 0 Å². The number of hydrogen-bond donors (Lipinski definition) is 2. The minimum absolute atomic E-state index is 0.107. The van der Waals surface area contributed by atoms with Gasteiger partial charge < -0.3 is 11.1 Å². The van der Waals surface area contributed by atoms with Gasteiger partial charge in [-0.05, 0) is 18.2 Å². The molecule has 2 rings (SSSR count). The summed E-state index contributed by atoms with van der Waals surface area (Å²) in [5.41, 5.74) is 6.36. The summed E-state index contributed by atoms with van der Waals surface area (Å²) >= 11 is 11.7. The molecular formula is C11H8Cl2N4O. The first-order valence-electron chi connectivity index (χ1n) is 4.89. The van der Waals surface area contributed by atoms with E-state index >= 15 is 0 Å². The van der Waals surface area contributed by atoms with Crippen molar-refractivity contribution in [2.45, 2.75) is 0 Å². The van der Waals surface area contributed by atoms with Crippen LogP contribution in [-0.4, -0.2) is 16.3 Å². The molecule has 0 bridgehead atoms. The van der Waals surface area contributed by atoms with Gasteiger partial charge in [-0.15, -0.1) is 0 Å². The van der Waals surface area contributed by atoms with Crippen molar-refractivity contribution < 1.29 is 4.79 Å². The van der Waals surface area contributed by atoms with Crippen LogP contribution in [0.1, 0.15) is 10.4 Å². The smallest absolute Gasteiger partial charge is 0.157 e. The van der Waals surface area contributed by atoms with Crippen LogP contribution in [0.3, 0.4) is 0 Å². The summed E-state index contributed by atoms with van der Waals surface area (Å²) in [6.07, 6.45) is 1.85. The molecule has 2 aromatic rings. The van der Waals surface area contributed by atoms with Gasteiger partial charge in [-0.25, -0.2) is 9.97 Å². The fourth-order valence-electron chi connectivity index (χ4n) is 1.39. The van der Waals surface area contributed by atoms with Crippen LogP contribution in [0.25, 0.3) is 0 Å². The third kappa shape index (κ3) is 2.69. The average molecular weight is 283 g/mol. The van der Waals surface area contributed by atoms with E-state index in [-0.39, 0.29) is 11.4 Å². The number of aromatic nitrogens is 2. The largest absolute Gasteiger partial charge is 0.383 e. The van der Waals surface area contributed by atoms with Crippen molar-refractivity contribution in [3.05, 3.63) is 40.1 Å². The Bertz CT molecular complexity index is 583. The first kappa shape index (κ1) is 12.6. The molecule has 0 saturated heterocycles. The lowest BCUT2D eigenvalue weighted by molar-refractivity contribution is 0.112. The van der Waals surface area contributed by atoms with Crippen LogP contribution < -0.4 is 11.1 Å². The Morgan fingerprint density at radius 2 is 1.83 bits per heavy atom. The topological polar surface area (TPSA) is 80.9 Å². The van der Waals surface area contributed by atoms with E-state index in [1.165, 1.54) is 6.33 Å². The van der Waals surface area contributed by atoms with Gasteiger partial charge in [0.25, 0.3) is 0 Å². The molecule has 1 aromatic heterocycles. The molecule has 1 heterocycles. The molecule has 0 spiro atoms. The molecule has 0 amide bonds. The normalized spacial score (nSPS) is 10.1. The van der Waals surface area contributed by atoms with Crippen molar-refractivity contribution in [1.29, 1.82) is 0 Å². The molecule has 0 aliphatic rings. The molecule has 0 unspecified atom stereocenters. The highest BCUT2D eigenvalue weighted by molar-refractivity contribution is 6.35. The summed E-state index contributed by atoms with van der Waals surface area (Å²) in [6, 6.07) is 4.91. The molecule has 7 heteroatoms. The number of hydrogen-bond acceptors (Lipinski definition) is 5. The van der Waals surface area contributed by atoms with Crippen molar-refractivity contribution in [1.82, 2.24) is 9.97 Å². The van der Waals surface area contributed by atoms with Crippen LogP contribution in [0.15, 0.2) is 24.5 Å². The van der Waals surface area contributed by atoms with Crippen molar-refractivity contribution >= 4 is 46.8 Å². The summed E-state index contributed by atoms with van der Waals surface area (Å²) in [5.74, 6) is 0.409. The Balaban J connectivity index is 2.39. The van der Waals surface area contributed by atoms with Gasteiger partial charge in [0, 0.05) is 15.7 Å². The van der Waals surface area contributed by atoms with Gasteiger partial charge in [0.05, 0.1) is 5.56 Å². The van der Waals surface area contributed by atoms with Crippen LogP contribution in [0, 0.1) is 0 Å². The molecule has 92 valence electrons. The minimum atomic E-state index is 0.107. The number of nitrogens with two attached hydrogens (primary N) is 1. The highest BCUT2D eigenvalue weighted by atomic mass is 35.5. The zero-order chi connectivity index (χ0) is 13.1. The Kier molecular flexibility index (Phi) is 3.64. The van der Waals surface area contributed by atoms with Crippen molar-refractivity contribution in [3.63, 3.8) is 0 Å². The van der Waals surface area contributed by atoms with Gasteiger partial charge in [-0.3, -0.25) is 4.79 Å². The number of nitrogens with one attached hydrogen (secondary N) is 1. The highest BCUT2D eigenvalue weighted by Crippen LogP contribution is 2.26. The third-order valence-electron chi connectivity index (χ3n) is 2.16. The van der Waals surface area contributed by atoms with E-state index in [9.17, 15) is 4.79 Å². The van der Waals surface area contributed by atoms with Gasteiger partial charge in [0.1, 0.15) is 18.0 Å². The lowest BCUT2D eigenvalue weighted by Crippen LogP contribution is -2.04. The standard InChI is InChI=1S/C11H8Cl2N4O/c12-6-1-7(13)3-8(2-6)17-11-9(4-18)10(14)15-5-16-11/h1-5H,(H3,14,15,16,17).